The lowest BCUT2D eigenvalue weighted by atomic mass is 9.97. The minimum Gasteiger partial charge on any atom is -0.383 e. The van der Waals surface area contributed by atoms with Gasteiger partial charge in [-0.2, -0.15) is 4.98 Å². The predicted octanol–water partition coefficient (Wildman–Crippen LogP) is 2.17. The Morgan fingerprint density at radius 3 is 2.43 bits per heavy atom. The molecule has 2 aromatic carbocycles. The molecule has 0 fully saturated rings. The summed E-state index contributed by atoms with van der Waals surface area (Å²) in [7, 11) is -3.88. The topological polar surface area (TPSA) is 151 Å². The van der Waals surface area contributed by atoms with Crippen LogP contribution in [-0.4, -0.2) is 23.4 Å². The van der Waals surface area contributed by atoms with E-state index >= 15 is 0 Å². The molecule has 4 rings (SSSR count). The number of sulfonamides is 1. The normalized spacial score (nSPS) is 11.6. The van der Waals surface area contributed by atoms with Crippen LogP contribution in [0.4, 0.5) is 11.8 Å². The standard InChI is InChI=1S/C19H16N6O2S/c20-18-15(14-8-2-4-11-6-3-9-23-16(11)14)17(24-19(21)25-18)12-5-1-7-13(10-12)28(22,26)27/h1-10H,(H2,22,26,27)(H4,20,21,24,25). The third-order valence-corrected chi connectivity index (χ3v) is 5.20. The molecule has 0 unspecified atom stereocenters. The van der Waals surface area contributed by atoms with Crippen LogP contribution in [0.2, 0.25) is 0 Å². The smallest absolute Gasteiger partial charge is 0.238 e. The number of benzene rings is 2. The van der Waals surface area contributed by atoms with Crippen LogP contribution in [0.3, 0.4) is 0 Å². The van der Waals surface area contributed by atoms with Crippen molar-refractivity contribution in [3.63, 3.8) is 0 Å². The molecule has 0 amide bonds. The van der Waals surface area contributed by atoms with E-state index in [0.29, 0.717) is 27.9 Å². The highest BCUT2D eigenvalue weighted by atomic mass is 32.2. The van der Waals surface area contributed by atoms with Gasteiger partial charge in [0.25, 0.3) is 0 Å². The SMILES string of the molecule is Nc1nc(N)c(-c2cccc3cccnc23)c(-c2cccc(S(N)(=O)=O)c2)n1. The van der Waals surface area contributed by atoms with Crippen LogP contribution in [0.5, 0.6) is 0 Å². The second-order valence-electron chi connectivity index (χ2n) is 6.14. The fourth-order valence-electron chi connectivity index (χ4n) is 3.10. The van der Waals surface area contributed by atoms with Crippen molar-refractivity contribution < 1.29 is 8.42 Å². The van der Waals surface area contributed by atoms with E-state index in [1.165, 1.54) is 12.1 Å². The maximum atomic E-state index is 11.8. The number of nitrogens with two attached hydrogens (primary N) is 3. The largest absolute Gasteiger partial charge is 0.383 e. The van der Waals surface area contributed by atoms with Crippen molar-refractivity contribution in [1.82, 2.24) is 15.0 Å². The molecule has 0 bridgehead atoms. The monoisotopic (exact) mass is 392 g/mol. The molecule has 0 aliphatic carbocycles. The average molecular weight is 392 g/mol. The summed E-state index contributed by atoms with van der Waals surface area (Å²) in [5, 5.41) is 6.18. The van der Waals surface area contributed by atoms with E-state index in [9.17, 15) is 8.42 Å². The zero-order chi connectivity index (χ0) is 19.9. The Morgan fingerprint density at radius 1 is 0.893 bits per heavy atom. The summed E-state index contributed by atoms with van der Waals surface area (Å²) in [6.45, 7) is 0. The van der Waals surface area contributed by atoms with E-state index in [1.54, 1.807) is 18.3 Å². The summed E-state index contributed by atoms with van der Waals surface area (Å²) in [6.07, 6.45) is 1.68. The Kier molecular flexibility index (Phi) is 4.17. The lowest BCUT2D eigenvalue weighted by Gasteiger charge is -2.14. The van der Waals surface area contributed by atoms with E-state index < -0.39 is 10.0 Å². The lowest BCUT2D eigenvalue weighted by Crippen LogP contribution is -2.12. The Labute approximate surface area is 161 Å². The van der Waals surface area contributed by atoms with Crippen molar-refractivity contribution >= 4 is 32.7 Å². The third-order valence-electron chi connectivity index (χ3n) is 4.29. The molecule has 0 saturated heterocycles. The van der Waals surface area contributed by atoms with Crippen molar-refractivity contribution in [2.24, 2.45) is 5.14 Å². The van der Waals surface area contributed by atoms with Crippen LogP contribution in [0.1, 0.15) is 0 Å². The fraction of sp³-hybridized carbons (Fsp3) is 0. The van der Waals surface area contributed by atoms with Gasteiger partial charge in [0.15, 0.2) is 0 Å². The van der Waals surface area contributed by atoms with E-state index in [2.05, 4.69) is 15.0 Å². The quantitative estimate of drug-likeness (QED) is 0.483. The van der Waals surface area contributed by atoms with Crippen LogP contribution >= 0.6 is 0 Å². The van der Waals surface area contributed by atoms with Crippen molar-refractivity contribution in [3.05, 3.63) is 60.8 Å². The van der Waals surface area contributed by atoms with Gasteiger partial charge in [0.05, 0.1) is 21.7 Å². The minimum absolute atomic E-state index is 0.0227. The van der Waals surface area contributed by atoms with Crippen LogP contribution in [0.15, 0.2) is 65.7 Å². The number of nitrogens with zero attached hydrogens (tertiary/aromatic N) is 3. The number of para-hydroxylation sites is 1. The minimum atomic E-state index is -3.88. The molecular weight excluding hydrogens is 376 g/mol. The van der Waals surface area contributed by atoms with Gasteiger partial charge in [-0.3, -0.25) is 4.98 Å². The molecular formula is C19H16N6O2S. The molecule has 0 atom stereocenters. The summed E-state index contributed by atoms with van der Waals surface area (Å²) < 4.78 is 23.5. The first-order chi connectivity index (χ1) is 13.3. The Bertz CT molecular complexity index is 1320. The second kappa shape index (κ2) is 6.55. The first-order valence-corrected chi connectivity index (χ1v) is 9.79. The predicted molar refractivity (Wildman–Crippen MR) is 108 cm³/mol. The molecule has 0 aliphatic rings. The zero-order valence-electron chi connectivity index (χ0n) is 14.6. The van der Waals surface area contributed by atoms with Crippen LogP contribution in [0, 0.1) is 0 Å². The summed E-state index contributed by atoms with van der Waals surface area (Å²) >= 11 is 0. The Balaban J connectivity index is 2.06. The summed E-state index contributed by atoms with van der Waals surface area (Å²) in [4.78, 5) is 12.8. The van der Waals surface area contributed by atoms with Gasteiger partial charge in [-0.25, -0.2) is 18.5 Å². The molecule has 2 heterocycles. The molecule has 6 N–H and O–H groups in total. The number of aromatic nitrogens is 3. The maximum Gasteiger partial charge on any atom is 0.238 e. The highest BCUT2D eigenvalue weighted by Crippen LogP contribution is 2.38. The number of primary sulfonamides is 1. The Morgan fingerprint density at radius 2 is 1.64 bits per heavy atom. The van der Waals surface area contributed by atoms with Crippen molar-refractivity contribution in [2.75, 3.05) is 11.5 Å². The molecule has 2 aromatic heterocycles. The highest BCUT2D eigenvalue weighted by Gasteiger charge is 2.19. The average Bonchev–Trinajstić information content (AvgIpc) is 2.67. The van der Waals surface area contributed by atoms with E-state index in [0.717, 1.165) is 5.39 Å². The first kappa shape index (κ1) is 17.8. The molecule has 0 aliphatic heterocycles. The van der Waals surface area contributed by atoms with Crippen molar-refractivity contribution in [3.8, 4) is 22.4 Å². The van der Waals surface area contributed by atoms with Gasteiger partial charge in [-0.05, 0) is 18.2 Å². The van der Waals surface area contributed by atoms with Crippen molar-refractivity contribution in [1.29, 1.82) is 0 Å². The number of rotatable bonds is 3. The molecule has 0 radical (unpaired) electrons. The Hall–Kier alpha value is -3.56. The van der Waals surface area contributed by atoms with E-state index in [4.69, 9.17) is 16.6 Å². The number of anilines is 2. The molecule has 28 heavy (non-hydrogen) atoms. The van der Waals surface area contributed by atoms with E-state index in [1.807, 2.05) is 30.3 Å². The van der Waals surface area contributed by atoms with Gasteiger partial charge < -0.3 is 11.5 Å². The fourth-order valence-corrected chi connectivity index (χ4v) is 3.66. The van der Waals surface area contributed by atoms with Crippen LogP contribution in [0.25, 0.3) is 33.3 Å². The number of hydrogen-bond acceptors (Lipinski definition) is 7. The number of hydrogen-bond donors (Lipinski definition) is 3. The summed E-state index contributed by atoms with van der Waals surface area (Å²) in [6, 6.07) is 15.6. The second-order valence-corrected chi connectivity index (χ2v) is 7.71. The number of nitrogen functional groups attached to an aromatic ring is 2. The number of pyridine rings is 1. The van der Waals surface area contributed by atoms with Gasteiger partial charge in [0.2, 0.25) is 16.0 Å². The zero-order valence-corrected chi connectivity index (χ0v) is 15.4. The molecule has 8 nitrogen and oxygen atoms in total. The molecule has 0 spiro atoms. The molecule has 4 aromatic rings. The van der Waals surface area contributed by atoms with Gasteiger partial charge in [0, 0.05) is 22.7 Å². The van der Waals surface area contributed by atoms with Gasteiger partial charge >= 0.3 is 0 Å². The molecule has 0 saturated carbocycles. The summed E-state index contributed by atoms with van der Waals surface area (Å²) in [5.41, 5.74) is 14.9. The highest BCUT2D eigenvalue weighted by molar-refractivity contribution is 7.89. The first-order valence-electron chi connectivity index (χ1n) is 8.25. The summed E-state index contributed by atoms with van der Waals surface area (Å²) in [5.74, 6) is 0.145. The third kappa shape index (κ3) is 3.13. The maximum absolute atomic E-state index is 11.8. The van der Waals surface area contributed by atoms with Gasteiger partial charge in [-0.1, -0.05) is 36.4 Å². The van der Waals surface area contributed by atoms with Crippen LogP contribution < -0.4 is 16.6 Å². The lowest BCUT2D eigenvalue weighted by molar-refractivity contribution is 0.598. The van der Waals surface area contributed by atoms with Gasteiger partial charge in [0.1, 0.15) is 5.82 Å². The van der Waals surface area contributed by atoms with Gasteiger partial charge in [-0.15, -0.1) is 0 Å². The molecule has 9 heteroatoms. The van der Waals surface area contributed by atoms with Crippen LogP contribution in [-0.2, 0) is 10.0 Å². The molecule has 140 valence electrons. The van der Waals surface area contributed by atoms with E-state index in [-0.39, 0.29) is 16.7 Å². The van der Waals surface area contributed by atoms with Crippen molar-refractivity contribution in [2.45, 2.75) is 4.90 Å². The number of fused-ring (bicyclic) bond motifs is 1.